The molecule has 0 N–H and O–H groups in total. The van der Waals surface area contributed by atoms with Crippen LogP contribution in [-0.4, -0.2) is 28.2 Å². The Bertz CT molecular complexity index is 239. The molecule has 4 heteroatoms. The number of rotatable bonds is 1. The molecule has 0 amide bonds. The van der Waals surface area contributed by atoms with E-state index in [1.165, 1.54) is 11.8 Å². The van der Waals surface area contributed by atoms with Gasteiger partial charge in [-0.2, -0.15) is 0 Å². The van der Waals surface area contributed by atoms with Gasteiger partial charge in [-0.25, -0.2) is 0 Å². The van der Waals surface area contributed by atoms with Crippen LogP contribution >= 0.6 is 23.5 Å². The third-order valence-electron chi connectivity index (χ3n) is 2.00. The molecule has 2 aliphatic rings. The van der Waals surface area contributed by atoms with Crippen LogP contribution in [0.4, 0.5) is 0 Å². The maximum absolute atomic E-state index is 11.2. The maximum Gasteiger partial charge on any atom is 0.202 e. The summed E-state index contributed by atoms with van der Waals surface area (Å²) >= 11 is 3.17. The lowest BCUT2D eigenvalue weighted by Gasteiger charge is -2.34. The molecule has 60 valence electrons. The highest BCUT2D eigenvalue weighted by atomic mass is 32.2. The Morgan fingerprint density at radius 3 is 2.73 bits per heavy atom. The van der Waals surface area contributed by atoms with Crippen molar-refractivity contribution in [2.24, 2.45) is 10.4 Å². The molecule has 0 bridgehead atoms. The first-order chi connectivity index (χ1) is 5.23. The summed E-state index contributed by atoms with van der Waals surface area (Å²) in [7, 11) is 0. The summed E-state index contributed by atoms with van der Waals surface area (Å²) in [5.41, 5.74) is -0.203. The number of aliphatic imine (C=N–C) groups is 1. The lowest BCUT2D eigenvalue weighted by molar-refractivity contribution is -0.116. The summed E-state index contributed by atoms with van der Waals surface area (Å²) in [6, 6.07) is 0. The molecule has 0 aromatic rings. The van der Waals surface area contributed by atoms with Gasteiger partial charge in [0.15, 0.2) is 0 Å². The Morgan fingerprint density at radius 2 is 2.36 bits per heavy atom. The van der Waals surface area contributed by atoms with Crippen LogP contribution in [0, 0.1) is 5.41 Å². The first kappa shape index (κ1) is 7.68. The van der Waals surface area contributed by atoms with Crippen LogP contribution in [0.2, 0.25) is 0 Å². The van der Waals surface area contributed by atoms with E-state index >= 15 is 0 Å². The summed E-state index contributed by atoms with van der Waals surface area (Å²) in [5, 5.41) is 1.37. The van der Waals surface area contributed by atoms with Gasteiger partial charge in [0.05, 0.1) is 10.5 Å². The Morgan fingerprint density at radius 1 is 1.55 bits per heavy atom. The van der Waals surface area contributed by atoms with E-state index in [1.54, 1.807) is 11.8 Å². The molecule has 0 saturated carbocycles. The van der Waals surface area contributed by atoms with Crippen LogP contribution < -0.4 is 0 Å². The highest BCUT2D eigenvalue weighted by Gasteiger charge is 2.47. The molecule has 2 rings (SSSR count). The van der Waals surface area contributed by atoms with Crippen molar-refractivity contribution in [2.45, 2.75) is 6.92 Å². The van der Waals surface area contributed by atoms with Gasteiger partial charge in [0.25, 0.3) is 0 Å². The molecule has 2 nitrogen and oxygen atoms in total. The van der Waals surface area contributed by atoms with Gasteiger partial charge in [-0.3, -0.25) is 9.79 Å². The topological polar surface area (TPSA) is 29.4 Å². The fourth-order valence-corrected chi connectivity index (χ4v) is 3.29. The highest BCUT2D eigenvalue weighted by molar-refractivity contribution is 8.18. The minimum absolute atomic E-state index is 0.203. The fourth-order valence-electron chi connectivity index (χ4n) is 1.17. The molecule has 0 aliphatic carbocycles. The van der Waals surface area contributed by atoms with E-state index in [-0.39, 0.29) is 5.41 Å². The van der Waals surface area contributed by atoms with Crippen LogP contribution in [-0.2, 0) is 4.79 Å². The number of nitrogens with zero attached hydrogens (tertiary/aromatic N) is 1. The molecular weight excluding hydrogens is 178 g/mol. The smallest absolute Gasteiger partial charge is 0.202 e. The van der Waals surface area contributed by atoms with Gasteiger partial charge in [-0.05, 0) is 6.92 Å². The Kier molecular flexibility index (Phi) is 1.76. The second-order valence-corrected chi connectivity index (χ2v) is 4.98. The van der Waals surface area contributed by atoms with E-state index in [0.717, 1.165) is 23.1 Å². The van der Waals surface area contributed by atoms with Crippen LogP contribution in [0.3, 0.4) is 0 Å². The first-order valence-corrected chi connectivity index (χ1v) is 5.55. The van der Waals surface area contributed by atoms with Crippen molar-refractivity contribution in [1.29, 1.82) is 0 Å². The van der Waals surface area contributed by atoms with Gasteiger partial charge in [0, 0.05) is 18.1 Å². The lowest BCUT2D eigenvalue weighted by atomic mass is 9.95. The lowest BCUT2D eigenvalue weighted by Crippen LogP contribution is -2.43. The van der Waals surface area contributed by atoms with Gasteiger partial charge in [-0.1, -0.05) is 11.8 Å². The Labute approximate surface area is 74.2 Å². The monoisotopic (exact) mass is 187 g/mol. The average Bonchev–Trinajstić information content (AvgIpc) is 2.52. The van der Waals surface area contributed by atoms with Crippen molar-refractivity contribution in [1.82, 2.24) is 0 Å². The summed E-state index contributed by atoms with van der Waals surface area (Å²) in [4.78, 5) is 15.5. The average molecular weight is 187 g/mol. The molecule has 0 unspecified atom stereocenters. The molecule has 2 aliphatic heterocycles. The van der Waals surface area contributed by atoms with Crippen molar-refractivity contribution in [2.75, 3.05) is 18.1 Å². The zero-order valence-electron chi connectivity index (χ0n) is 6.29. The van der Waals surface area contributed by atoms with E-state index < -0.39 is 0 Å². The third kappa shape index (κ3) is 1.04. The SMILES string of the molecule is C[C@]1(C2=NCCS2)CSC1=O. The van der Waals surface area contributed by atoms with E-state index in [9.17, 15) is 4.79 Å². The van der Waals surface area contributed by atoms with Gasteiger partial charge in [0.1, 0.15) is 0 Å². The van der Waals surface area contributed by atoms with E-state index in [4.69, 9.17) is 0 Å². The van der Waals surface area contributed by atoms with Crippen LogP contribution in [0.5, 0.6) is 0 Å². The molecule has 0 aromatic carbocycles. The van der Waals surface area contributed by atoms with Crippen molar-refractivity contribution < 1.29 is 4.79 Å². The summed E-state index contributed by atoms with van der Waals surface area (Å²) in [6.07, 6.45) is 0. The predicted octanol–water partition coefficient (Wildman–Crippen LogP) is 1.41. The number of carbonyl (C=O) groups excluding carboxylic acids is 1. The minimum Gasteiger partial charge on any atom is -0.286 e. The van der Waals surface area contributed by atoms with Crippen LogP contribution in [0.15, 0.2) is 4.99 Å². The van der Waals surface area contributed by atoms with Crippen LogP contribution in [0.1, 0.15) is 6.92 Å². The quantitative estimate of drug-likeness (QED) is 0.621. The standard InChI is InChI=1S/C7H9NOS2/c1-7(4-11-6(7)9)5-8-2-3-10-5/h2-4H2,1H3/t7-/m1/s1. The molecular formula is C7H9NOS2. The molecule has 11 heavy (non-hydrogen) atoms. The molecule has 0 aromatic heterocycles. The second kappa shape index (κ2) is 2.52. The van der Waals surface area contributed by atoms with Crippen molar-refractivity contribution in [3.8, 4) is 0 Å². The van der Waals surface area contributed by atoms with Gasteiger partial charge in [0.2, 0.25) is 5.12 Å². The second-order valence-electron chi connectivity index (χ2n) is 2.94. The highest BCUT2D eigenvalue weighted by Crippen LogP contribution is 2.44. The molecule has 0 spiro atoms. The number of hydrogen-bond donors (Lipinski definition) is 0. The van der Waals surface area contributed by atoms with Gasteiger partial charge in [-0.15, -0.1) is 11.8 Å². The Hall–Kier alpha value is 0.0400. The van der Waals surface area contributed by atoms with Crippen LogP contribution in [0.25, 0.3) is 0 Å². The maximum atomic E-state index is 11.2. The molecule has 1 saturated heterocycles. The largest absolute Gasteiger partial charge is 0.286 e. The number of carbonyl (C=O) groups is 1. The van der Waals surface area contributed by atoms with Gasteiger partial charge < -0.3 is 0 Å². The number of hydrogen-bond acceptors (Lipinski definition) is 4. The first-order valence-electron chi connectivity index (χ1n) is 3.58. The predicted molar refractivity (Wildman–Crippen MR) is 50.3 cm³/mol. The van der Waals surface area contributed by atoms with Crippen molar-refractivity contribution in [3.63, 3.8) is 0 Å². The molecule has 1 atom stereocenters. The normalized spacial score (nSPS) is 36.8. The molecule has 2 heterocycles. The summed E-state index contributed by atoms with van der Waals surface area (Å²) in [5.74, 6) is 1.99. The Balaban J connectivity index is 2.19. The van der Waals surface area contributed by atoms with Gasteiger partial charge >= 0.3 is 0 Å². The zero-order chi connectivity index (χ0) is 7.90. The zero-order valence-corrected chi connectivity index (χ0v) is 7.93. The summed E-state index contributed by atoms with van der Waals surface area (Å²) in [6.45, 7) is 2.90. The minimum atomic E-state index is -0.203. The van der Waals surface area contributed by atoms with E-state index in [0.29, 0.717) is 5.12 Å². The van der Waals surface area contributed by atoms with E-state index in [2.05, 4.69) is 4.99 Å². The third-order valence-corrected chi connectivity index (χ3v) is 4.67. The van der Waals surface area contributed by atoms with Crippen molar-refractivity contribution >= 4 is 33.7 Å². The molecule has 0 radical (unpaired) electrons. The fraction of sp³-hybridized carbons (Fsp3) is 0.714. The van der Waals surface area contributed by atoms with Crippen molar-refractivity contribution in [3.05, 3.63) is 0 Å². The molecule has 1 fully saturated rings. The van der Waals surface area contributed by atoms with E-state index in [1.807, 2.05) is 6.92 Å². The summed E-state index contributed by atoms with van der Waals surface area (Å²) < 4.78 is 0. The number of thioether (sulfide) groups is 2.